The molecule has 4 N–H and O–H groups in total. The van der Waals surface area contributed by atoms with Crippen molar-refractivity contribution in [1.29, 1.82) is 0 Å². The monoisotopic (exact) mass is 634 g/mol. The molecule has 1 heterocycles. The van der Waals surface area contributed by atoms with Gasteiger partial charge in [-0.3, -0.25) is 9.59 Å². The van der Waals surface area contributed by atoms with Gasteiger partial charge in [0.2, 0.25) is 0 Å². The standard InChI is InChI=1S/C31H38O12.CH4O/c1-15-18(33)13-31(38)25(42-26(36)17-10-8-7-9-11-17)23-29(5,24(35)22(41-16(2)32)21(15)28(31,3)4)19(34)12-20-30(23,14-40-20)43-27(37)39-6;1-2/h7-11,18-20,22-23,25,33-34,38H,12-14H2,1-6H3;2H,1H3/t18-,19?,20+,22+,23?,25-,29+,30-,31+;/m0./s1. The average Bonchev–Trinajstić information content (AvgIpc) is 3.00. The minimum Gasteiger partial charge on any atom is -0.455 e. The quantitative estimate of drug-likeness (QED) is 0.211. The highest BCUT2D eigenvalue weighted by atomic mass is 16.8. The Morgan fingerprint density at radius 3 is 2.18 bits per heavy atom. The number of hydrogen-bond donors (Lipinski definition) is 4. The molecule has 4 aliphatic rings. The third kappa shape index (κ3) is 5.05. The van der Waals surface area contributed by atoms with E-state index in [1.807, 2.05) is 0 Å². The van der Waals surface area contributed by atoms with Crippen LogP contribution in [0.1, 0.15) is 57.8 Å². The van der Waals surface area contributed by atoms with Crippen LogP contribution in [-0.4, -0.2) is 107 Å². The number of esters is 2. The van der Waals surface area contributed by atoms with Gasteiger partial charge >= 0.3 is 18.1 Å². The number of methoxy groups -OCH3 is 1. The molecule has 2 unspecified atom stereocenters. The van der Waals surface area contributed by atoms with Gasteiger partial charge in [0.1, 0.15) is 17.8 Å². The van der Waals surface area contributed by atoms with Crippen molar-refractivity contribution in [2.75, 3.05) is 20.8 Å². The van der Waals surface area contributed by atoms with E-state index in [1.54, 1.807) is 39.0 Å². The van der Waals surface area contributed by atoms with Gasteiger partial charge in [0, 0.05) is 32.3 Å². The fourth-order valence-corrected chi connectivity index (χ4v) is 7.83. The van der Waals surface area contributed by atoms with E-state index >= 15 is 0 Å². The second kappa shape index (κ2) is 12.1. The molecule has 248 valence electrons. The van der Waals surface area contributed by atoms with Crippen molar-refractivity contribution >= 4 is 23.9 Å². The molecule has 2 bridgehead atoms. The number of carbonyl (C=O) groups excluding carboxylic acids is 4. The maximum Gasteiger partial charge on any atom is 0.508 e. The van der Waals surface area contributed by atoms with Gasteiger partial charge in [-0.15, -0.1) is 0 Å². The second-order valence-electron chi connectivity index (χ2n) is 12.7. The Morgan fingerprint density at radius 2 is 1.64 bits per heavy atom. The van der Waals surface area contributed by atoms with Crippen LogP contribution < -0.4 is 0 Å². The second-order valence-corrected chi connectivity index (χ2v) is 12.7. The van der Waals surface area contributed by atoms with Crippen LogP contribution in [-0.2, 0) is 33.3 Å². The summed E-state index contributed by atoms with van der Waals surface area (Å²) in [7, 11) is 2.10. The van der Waals surface area contributed by atoms with Crippen LogP contribution in [0.15, 0.2) is 41.5 Å². The predicted octanol–water partition coefficient (Wildman–Crippen LogP) is 1.48. The van der Waals surface area contributed by atoms with Gasteiger partial charge in [0.15, 0.2) is 17.5 Å². The molecule has 9 atom stereocenters. The Morgan fingerprint density at radius 1 is 1.02 bits per heavy atom. The number of Topliss-reactive ketones (excluding diaryl/α,β-unsaturated/α-hetero) is 1. The van der Waals surface area contributed by atoms with E-state index in [9.17, 15) is 34.5 Å². The Hall–Kier alpha value is -3.36. The summed E-state index contributed by atoms with van der Waals surface area (Å²) >= 11 is 0. The Kier molecular flexibility index (Phi) is 9.28. The van der Waals surface area contributed by atoms with Crippen molar-refractivity contribution in [1.82, 2.24) is 0 Å². The van der Waals surface area contributed by atoms with Gasteiger partial charge in [-0.25, -0.2) is 9.59 Å². The molecular weight excluding hydrogens is 592 g/mol. The molecule has 0 amide bonds. The first-order valence-electron chi connectivity index (χ1n) is 14.7. The van der Waals surface area contributed by atoms with Crippen LogP contribution in [0.4, 0.5) is 4.79 Å². The van der Waals surface area contributed by atoms with Crippen LogP contribution in [0.3, 0.4) is 0 Å². The van der Waals surface area contributed by atoms with E-state index in [-0.39, 0.29) is 30.6 Å². The highest BCUT2D eigenvalue weighted by Crippen LogP contribution is 2.64. The van der Waals surface area contributed by atoms with Gasteiger partial charge in [-0.1, -0.05) is 32.0 Å². The van der Waals surface area contributed by atoms with Crippen LogP contribution in [0.2, 0.25) is 0 Å². The summed E-state index contributed by atoms with van der Waals surface area (Å²) in [6, 6.07) is 7.98. The molecule has 1 aromatic rings. The molecule has 3 aliphatic carbocycles. The van der Waals surface area contributed by atoms with Crippen molar-refractivity contribution in [3.8, 4) is 0 Å². The van der Waals surface area contributed by atoms with E-state index in [0.717, 1.165) is 21.1 Å². The van der Waals surface area contributed by atoms with Gasteiger partial charge < -0.3 is 44.1 Å². The molecule has 3 fully saturated rings. The summed E-state index contributed by atoms with van der Waals surface area (Å²) in [5.74, 6) is -3.87. The van der Waals surface area contributed by atoms with E-state index in [0.29, 0.717) is 5.57 Å². The molecule has 0 aromatic heterocycles. The fourth-order valence-electron chi connectivity index (χ4n) is 7.83. The van der Waals surface area contributed by atoms with Crippen molar-refractivity contribution in [3.63, 3.8) is 0 Å². The lowest BCUT2D eigenvalue weighted by molar-refractivity contribution is -0.344. The summed E-state index contributed by atoms with van der Waals surface area (Å²) in [6.45, 7) is 7.06. The topological polar surface area (TPSA) is 195 Å². The van der Waals surface area contributed by atoms with E-state index in [1.165, 1.54) is 19.1 Å². The first kappa shape index (κ1) is 34.5. The SMILES string of the molecule is CO.COC(=O)O[C@@]12CO[C@@H]1CC(O)[C@@]1(C)C(=O)[C@H](OC(C)=O)C3=C(C)[C@@H](O)C[C@@](O)([C@@H](OC(=O)c4ccccc4)C12)C3(C)C. The van der Waals surface area contributed by atoms with Crippen LogP contribution in [0.25, 0.3) is 0 Å². The Bertz CT molecular complexity index is 1370. The summed E-state index contributed by atoms with van der Waals surface area (Å²) < 4.78 is 28.2. The minimum absolute atomic E-state index is 0.136. The number of aliphatic hydroxyl groups excluding tert-OH is 3. The first-order chi connectivity index (χ1) is 21.1. The average molecular weight is 635 g/mol. The number of ketones is 1. The van der Waals surface area contributed by atoms with Crippen molar-refractivity contribution in [2.24, 2.45) is 16.7 Å². The highest BCUT2D eigenvalue weighted by Gasteiger charge is 2.78. The molecular formula is C32H42O13. The number of benzene rings is 1. The third-order valence-electron chi connectivity index (χ3n) is 10.3. The van der Waals surface area contributed by atoms with Crippen molar-refractivity contribution in [3.05, 3.63) is 47.0 Å². The normalized spacial score (nSPS) is 38.0. The minimum atomic E-state index is -2.15. The number of carbonyl (C=O) groups is 4. The van der Waals surface area contributed by atoms with Gasteiger partial charge in [-0.2, -0.15) is 0 Å². The summed E-state index contributed by atoms with van der Waals surface area (Å²) in [5, 5.41) is 42.9. The molecule has 0 radical (unpaired) electrons. The molecule has 1 aliphatic heterocycles. The van der Waals surface area contributed by atoms with Crippen LogP contribution in [0, 0.1) is 16.7 Å². The fraction of sp³-hybridized carbons (Fsp3) is 0.625. The van der Waals surface area contributed by atoms with Crippen LogP contribution >= 0.6 is 0 Å². The molecule has 13 nitrogen and oxygen atoms in total. The first-order valence-corrected chi connectivity index (χ1v) is 14.7. The molecule has 2 saturated carbocycles. The zero-order valence-electron chi connectivity index (χ0n) is 26.4. The lowest BCUT2D eigenvalue weighted by atomic mass is 9.44. The maximum atomic E-state index is 14.8. The Balaban J connectivity index is 0.00000226. The largest absolute Gasteiger partial charge is 0.508 e. The summed E-state index contributed by atoms with van der Waals surface area (Å²) in [4.78, 5) is 53.7. The summed E-state index contributed by atoms with van der Waals surface area (Å²) in [6.07, 6.45) is -8.69. The number of hydrogen-bond acceptors (Lipinski definition) is 13. The van der Waals surface area contributed by atoms with Gasteiger partial charge in [0.05, 0.1) is 42.8 Å². The van der Waals surface area contributed by atoms with Gasteiger partial charge in [0.25, 0.3) is 0 Å². The highest BCUT2D eigenvalue weighted by molar-refractivity contribution is 5.95. The van der Waals surface area contributed by atoms with Gasteiger partial charge in [-0.05, 0) is 37.1 Å². The number of rotatable bonds is 4. The molecule has 0 spiro atoms. The zero-order valence-corrected chi connectivity index (χ0v) is 26.4. The molecule has 5 rings (SSSR count). The third-order valence-corrected chi connectivity index (χ3v) is 10.3. The lowest BCUT2D eigenvalue weighted by Gasteiger charge is -2.67. The smallest absolute Gasteiger partial charge is 0.455 e. The van der Waals surface area contributed by atoms with Crippen LogP contribution in [0.5, 0.6) is 0 Å². The van der Waals surface area contributed by atoms with E-state index in [4.69, 9.17) is 28.8 Å². The molecule has 1 aromatic carbocycles. The van der Waals surface area contributed by atoms with Crippen molar-refractivity contribution in [2.45, 2.75) is 89.2 Å². The van der Waals surface area contributed by atoms with E-state index < -0.39 is 82.3 Å². The Labute approximate surface area is 261 Å². The maximum absolute atomic E-state index is 14.8. The summed E-state index contributed by atoms with van der Waals surface area (Å²) in [5.41, 5.74) is -6.69. The number of fused-ring (bicyclic) bond motifs is 5. The zero-order chi connectivity index (χ0) is 33.7. The number of ether oxygens (including phenoxy) is 5. The van der Waals surface area contributed by atoms with E-state index in [2.05, 4.69) is 0 Å². The molecule has 13 heteroatoms. The van der Waals surface area contributed by atoms with Crippen molar-refractivity contribution < 1.29 is 63.3 Å². The molecule has 45 heavy (non-hydrogen) atoms. The number of aliphatic hydroxyl groups is 4. The molecule has 1 saturated heterocycles. The predicted molar refractivity (Wildman–Crippen MR) is 155 cm³/mol. The lowest BCUT2D eigenvalue weighted by Crippen LogP contribution is -2.82.